The van der Waals surface area contributed by atoms with Crippen LogP contribution in [-0.2, 0) is 19.1 Å². The van der Waals surface area contributed by atoms with E-state index in [2.05, 4.69) is 0 Å². The molecular formula is C11H18Cl2O4. The minimum Gasteiger partial charge on any atom is -0.465 e. The molecule has 0 heterocycles. The Labute approximate surface area is 112 Å². The summed E-state index contributed by atoms with van der Waals surface area (Å²) in [7, 11) is 0. The van der Waals surface area contributed by atoms with Crippen molar-refractivity contribution < 1.29 is 19.1 Å². The number of hydrogen-bond acceptors (Lipinski definition) is 4. The molecule has 0 aromatic heterocycles. The first-order valence-electron chi connectivity index (χ1n) is 5.34. The Kier molecular flexibility index (Phi) is 8.35. The molecule has 0 aromatic rings. The van der Waals surface area contributed by atoms with E-state index >= 15 is 0 Å². The van der Waals surface area contributed by atoms with Gasteiger partial charge in [0.2, 0.25) is 0 Å². The number of carbonyl (C=O) groups is 2. The molecule has 0 aliphatic heterocycles. The number of esters is 2. The number of hydrogen-bond donors (Lipinski definition) is 0. The van der Waals surface area contributed by atoms with Gasteiger partial charge in [-0.3, -0.25) is 9.59 Å². The van der Waals surface area contributed by atoms with Gasteiger partial charge in [0, 0.05) is 17.2 Å². The topological polar surface area (TPSA) is 52.6 Å². The molecule has 0 N–H and O–H groups in total. The zero-order valence-corrected chi connectivity index (χ0v) is 11.6. The third kappa shape index (κ3) is 9.24. The van der Waals surface area contributed by atoms with Crippen LogP contribution in [0.5, 0.6) is 0 Å². The van der Waals surface area contributed by atoms with Gasteiger partial charge in [0.1, 0.15) is 0 Å². The quantitative estimate of drug-likeness (QED) is 0.507. The summed E-state index contributed by atoms with van der Waals surface area (Å²) in [6.45, 7) is 4.07. The number of rotatable bonds is 8. The first-order chi connectivity index (χ1) is 7.91. The van der Waals surface area contributed by atoms with Gasteiger partial charge in [0.25, 0.3) is 0 Å². The summed E-state index contributed by atoms with van der Waals surface area (Å²) in [5, 5.41) is 0. The molecular weight excluding hydrogens is 267 g/mol. The average Bonchev–Trinajstić information content (AvgIpc) is 2.25. The van der Waals surface area contributed by atoms with E-state index in [1.165, 1.54) is 0 Å². The van der Waals surface area contributed by atoms with E-state index < -0.39 is 5.41 Å². The maximum Gasteiger partial charge on any atom is 0.307 e. The molecule has 0 bridgehead atoms. The Morgan fingerprint density at radius 3 is 1.59 bits per heavy atom. The third-order valence-electron chi connectivity index (χ3n) is 1.85. The monoisotopic (exact) mass is 284 g/mol. The molecule has 0 rings (SSSR count). The summed E-state index contributed by atoms with van der Waals surface area (Å²) < 4.78 is 10.00. The van der Waals surface area contributed by atoms with Crippen LogP contribution < -0.4 is 0 Å². The number of alkyl halides is 2. The van der Waals surface area contributed by atoms with Gasteiger partial charge in [-0.2, -0.15) is 0 Å². The largest absolute Gasteiger partial charge is 0.465 e. The second-order valence-corrected chi connectivity index (χ2v) is 5.12. The second-order valence-electron chi connectivity index (χ2n) is 4.36. The van der Waals surface area contributed by atoms with E-state index in [0.29, 0.717) is 0 Å². The van der Waals surface area contributed by atoms with E-state index in [4.69, 9.17) is 32.7 Å². The van der Waals surface area contributed by atoms with Gasteiger partial charge in [-0.15, -0.1) is 23.2 Å². The zero-order chi connectivity index (χ0) is 13.3. The SMILES string of the molecule is CC(C)(COC(=O)CCCl)COC(=O)CCCl. The molecule has 0 aromatic carbocycles. The van der Waals surface area contributed by atoms with E-state index in [1.807, 2.05) is 13.8 Å². The molecule has 0 saturated carbocycles. The van der Waals surface area contributed by atoms with Crippen LogP contribution in [0.3, 0.4) is 0 Å². The van der Waals surface area contributed by atoms with Crippen molar-refractivity contribution in [3.63, 3.8) is 0 Å². The normalized spacial score (nSPS) is 11.1. The van der Waals surface area contributed by atoms with Gasteiger partial charge in [-0.05, 0) is 0 Å². The van der Waals surface area contributed by atoms with E-state index in [1.54, 1.807) is 0 Å². The number of halogens is 2. The predicted octanol–water partition coefficient (Wildman–Crippen LogP) is 2.36. The lowest BCUT2D eigenvalue weighted by Crippen LogP contribution is -2.28. The molecule has 0 spiro atoms. The van der Waals surface area contributed by atoms with Gasteiger partial charge in [-0.25, -0.2) is 0 Å². The molecule has 0 aliphatic carbocycles. The van der Waals surface area contributed by atoms with Gasteiger partial charge >= 0.3 is 11.9 Å². The molecule has 0 unspecified atom stereocenters. The summed E-state index contributed by atoms with van der Waals surface area (Å²) in [6.07, 6.45) is 0.368. The smallest absolute Gasteiger partial charge is 0.307 e. The molecule has 17 heavy (non-hydrogen) atoms. The van der Waals surface area contributed by atoms with Crippen molar-refractivity contribution >= 4 is 35.1 Å². The van der Waals surface area contributed by atoms with Crippen LogP contribution in [0.2, 0.25) is 0 Å². The fourth-order valence-electron chi connectivity index (χ4n) is 0.892. The molecule has 4 nitrogen and oxygen atoms in total. The van der Waals surface area contributed by atoms with Crippen LogP contribution in [-0.4, -0.2) is 36.9 Å². The third-order valence-corrected chi connectivity index (χ3v) is 2.22. The van der Waals surface area contributed by atoms with E-state index in [9.17, 15) is 9.59 Å². The molecule has 0 fully saturated rings. The predicted molar refractivity (Wildman–Crippen MR) is 66.4 cm³/mol. The minimum absolute atomic E-state index is 0.184. The number of carbonyl (C=O) groups excluding carboxylic acids is 2. The highest BCUT2D eigenvalue weighted by atomic mass is 35.5. The number of ether oxygens (including phenoxy) is 2. The zero-order valence-electron chi connectivity index (χ0n) is 10.1. The highest BCUT2D eigenvalue weighted by molar-refractivity contribution is 6.19. The van der Waals surface area contributed by atoms with Crippen molar-refractivity contribution in [1.29, 1.82) is 0 Å². The molecule has 0 radical (unpaired) electrons. The fraction of sp³-hybridized carbons (Fsp3) is 0.818. The summed E-state index contributed by atoms with van der Waals surface area (Å²) in [5.41, 5.74) is -0.413. The molecule has 100 valence electrons. The van der Waals surface area contributed by atoms with Gasteiger partial charge in [-0.1, -0.05) is 13.8 Å². The summed E-state index contributed by atoms with van der Waals surface area (Å²) in [4.78, 5) is 22.2. The van der Waals surface area contributed by atoms with Crippen molar-refractivity contribution in [3.05, 3.63) is 0 Å². The Balaban J connectivity index is 3.86. The van der Waals surface area contributed by atoms with Crippen molar-refractivity contribution in [2.75, 3.05) is 25.0 Å². The molecule has 0 aliphatic rings. The minimum atomic E-state index is -0.413. The molecule has 0 saturated heterocycles. The Morgan fingerprint density at radius 2 is 1.29 bits per heavy atom. The van der Waals surface area contributed by atoms with Crippen LogP contribution >= 0.6 is 23.2 Å². The van der Waals surface area contributed by atoms with Crippen LogP contribution in [0.1, 0.15) is 26.7 Å². The van der Waals surface area contributed by atoms with Crippen molar-refractivity contribution in [1.82, 2.24) is 0 Å². The van der Waals surface area contributed by atoms with Crippen LogP contribution in [0, 0.1) is 5.41 Å². The average molecular weight is 285 g/mol. The lowest BCUT2D eigenvalue weighted by Gasteiger charge is -2.23. The Morgan fingerprint density at radius 1 is 0.941 bits per heavy atom. The van der Waals surface area contributed by atoms with Crippen LogP contribution in [0.25, 0.3) is 0 Å². The van der Waals surface area contributed by atoms with Crippen LogP contribution in [0.15, 0.2) is 0 Å². The molecule has 0 amide bonds. The van der Waals surface area contributed by atoms with Crippen molar-refractivity contribution in [3.8, 4) is 0 Å². The first kappa shape index (κ1) is 16.5. The highest BCUT2D eigenvalue weighted by Gasteiger charge is 2.22. The first-order valence-corrected chi connectivity index (χ1v) is 6.41. The maximum atomic E-state index is 11.1. The summed E-state index contributed by atoms with van der Waals surface area (Å²) in [5.74, 6) is -0.214. The van der Waals surface area contributed by atoms with Gasteiger partial charge < -0.3 is 9.47 Å². The Hall–Kier alpha value is -0.480. The van der Waals surface area contributed by atoms with Gasteiger partial charge in [0.05, 0.1) is 26.1 Å². The standard InChI is InChI=1S/C11H18Cl2O4/c1-11(2,7-16-9(14)3-5-12)8-17-10(15)4-6-13/h3-8H2,1-2H3. The van der Waals surface area contributed by atoms with E-state index in [-0.39, 0.29) is 49.8 Å². The van der Waals surface area contributed by atoms with Gasteiger partial charge in [0.15, 0.2) is 0 Å². The van der Waals surface area contributed by atoms with E-state index in [0.717, 1.165) is 0 Å². The molecule has 0 atom stereocenters. The molecule has 6 heteroatoms. The fourth-order valence-corrected chi connectivity index (χ4v) is 1.20. The van der Waals surface area contributed by atoms with Crippen molar-refractivity contribution in [2.45, 2.75) is 26.7 Å². The highest BCUT2D eigenvalue weighted by Crippen LogP contribution is 2.16. The summed E-state index contributed by atoms with van der Waals surface area (Å²) >= 11 is 10.8. The maximum absolute atomic E-state index is 11.1. The lowest BCUT2D eigenvalue weighted by molar-refractivity contribution is -0.152. The lowest BCUT2D eigenvalue weighted by atomic mass is 9.96. The van der Waals surface area contributed by atoms with Crippen LogP contribution in [0.4, 0.5) is 0 Å². The Bertz CT molecular complexity index is 230. The second kappa shape index (κ2) is 8.59. The summed E-state index contributed by atoms with van der Waals surface area (Å²) in [6, 6.07) is 0. The van der Waals surface area contributed by atoms with Crippen molar-refractivity contribution in [2.24, 2.45) is 5.41 Å².